The van der Waals surface area contributed by atoms with Gasteiger partial charge in [-0.2, -0.15) is 5.10 Å². The van der Waals surface area contributed by atoms with Crippen LogP contribution in [0.4, 0.5) is 5.69 Å². The Morgan fingerprint density at radius 3 is 2.59 bits per heavy atom. The fourth-order valence-corrected chi connectivity index (χ4v) is 4.27. The van der Waals surface area contributed by atoms with Gasteiger partial charge in [-0.25, -0.2) is 4.99 Å². The monoisotopic (exact) mass is 459 g/mol. The summed E-state index contributed by atoms with van der Waals surface area (Å²) in [5.74, 6) is 0.676. The molecule has 1 atom stereocenters. The van der Waals surface area contributed by atoms with Crippen LogP contribution in [-0.4, -0.2) is 36.4 Å². The average Bonchev–Trinajstić information content (AvgIpc) is 3.29. The van der Waals surface area contributed by atoms with Crippen molar-refractivity contribution in [2.24, 2.45) is 17.8 Å². The zero-order valence-electron chi connectivity index (χ0n) is 19.6. The summed E-state index contributed by atoms with van der Waals surface area (Å²) in [6, 6.07) is 11.9. The Labute approximate surface area is 198 Å². The van der Waals surface area contributed by atoms with Gasteiger partial charge in [0.25, 0.3) is 0 Å². The van der Waals surface area contributed by atoms with Gasteiger partial charge >= 0.3 is 0 Å². The summed E-state index contributed by atoms with van der Waals surface area (Å²) in [5.41, 5.74) is 12.9. The molecule has 1 aromatic heterocycles. The quantitative estimate of drug-likeness (QED) is 0.463. The van der Waals surface area contributed by atoms with E-state index in [9.17, 15) is 0 Å². The molecule has 9 heteroatoms. The molecular formula is C25H29N7O2. The highest BCUT2D eigenvalue weighted by Crippen LogP contribution is 2.32. The normalized spacial score (nSPS) is 19.4. The molecule has 2 aromatic carbocycles. The number of aliphatic imine (C=N–C) groups is 1. The van der Waals surface area contributed by atoms with Crippen LogP contribution >= 0.6 is 0 Å². The van der Waals surface area contributed by atoms with Gasteiger partial charge in [0.2, 0.25) is 5.79 Å². The van der Waals surface area contributed by atoms with Crippen LogP contribution < -0.4 is 31.2 Å². The van der Waals surface area contributed by atoms with Crippen molar-refractivity contribution in [3.8, 4) is 11.5 Å². The summed E-state index contributed by atoms with van der Waals surface area (Å²) in [4.78, 5) is 4.95. The first kappa shape index (κ1) is 22.0. The molecule has 2 aliphatic heterocycles. The number of methoxy groups -OCH3 is 2. The van der Waals surface area contributed by atoms with Gasteiger partial charge in [-0.15, -0.1) is 0 Å². The average molecular weight is 460 g/mol. The molecule has 0 amide bonds. The molecule has 5 N–H and O–H groups in total. The molecule has 0 radical (unpaired) electrons. The largest absolute Gasteiger partial charge is 0.497 e. The van der Waals surface area contributed by atoms with E-state index in [0.717, 1.165) is 36.3 Å². The first-order valence-electron chi connectivity index (χ1n) is 11.2. The van der Waals surface area contributed by atoms with E-state index >= 15 is 0 Å². The number of hydrogen-bond acceptors (Lipinski definition) is 8. The highest BCUT2D eigenvalue weighted by atomic mass is 16.5. The molecule has 0 spiro atoms. The lowest BCUT2D eigenvalue weighted by atomic mass is 10.00. The van der Waals surface area contributed by atoms with E-state index in [2.05, 4.69) is 39.2 Å². The van der Waals surface area contributed by atoms with E-state index in [0.29, 0.717) is 22.9 Å². The van der Waals surface area contributed by atoms with Crippen LogP contribution in [0.3, 0.4) is 0 Å². The zero-order chi connectivity index (χ0) is 23.7. The number of rotatable bonds is 5. The molecule has 3 aromatic rings. The van der Waals surface area contributed by atoms with Gasteiger partial charge in [-0.3, -0.25) is 10.4 Å². The Bertz CT molecular complexity index is 1260. The lowest BCUT2D eigenvalue weighted by Gasteiger charge is -2.32. The molecule has 3 heterocycles. The number of nitrogens with one attached hydrogen (secondary N) is 3. The highest BCUT2D eigenvalue weighted by Gasteiger charge is 2.32. The second kappa shape index (κ2) is 8.85. The van der Waals surface area contributed by atoms with E-state index in [1.807, 2.05) is 31.6 Å². The summed E-state index contributed by atoms with van der Waals surface area (Å²) in [6.07, 6.45) is 6.66. The Hall–Kier alpha value is -3.82. The maximum absolute atomic E-state index is 6.80. The molecule has 2 aliphatic rings. The van der Waals surface area contributed by atoms with E-state index in [1.165, 1.54) is 11.1 Å². The summed E-state index contributed by atoms with van der Waals surface area (Å²) in [5, 5.41) is 14.5. The first-order valence-corrected chi connectivity index (χ1v) is 11.2. The molecule has 0 fully saturated rings. The van der Waals surface area contributed by atoms with Crippen molar-refractivity contribution in [2.75, 3.05) is 26.1 Å². The second-order valence-corrected chi connectivity index (χ2v) is 8.47. The topological polar surface area (TPSA) is 111 Å². The number of fused-ring (bicyclic) bond motifs is 1. The van der Waals surface area contributed by atoms with Gasteiger partial charge in [0.1, 0.15) is 17.3 Å². The number of benzene rings is 2. The molecule has 0 saturated carbocycles. The number of nitrogens with two attached hydrogens (primary N) is 1. The lowest BCUT2D eigenvalue weighted by molar-refractivity contribution is 0.377. The minimum Gasteiger partial charge on any atom is -0.497 e. The zero-order valence-corrected chi connectivity index (χ0v) is 19.6. The van der Waals surface area contributed by atoms with E-state index in [-0.39, 0.29) is 0 Å². The van der Waals surface area contributed by atoms with Gasteiger partial charge in [-0.05, 0) is 48.4 Å². The summed E-state index contributed by atoms with van der Waals surface area (Å²) in [7, 11) is 5.10. The first-order chi connectivity index (χ1) is 16.5. The molecule has 0 aliphatic carbocycles. The van der Waals surface area contributed by atoms with Crippen molar-refractivity contribution >= 4 is 17.1 Å². The number of ether oxygens (including phenoxy) is 2. The van der Waals surface area contributed by atoms with Crippen LogP contribution in [0, 0.1) is 0 Å². The Morgan fingerprint density at radius 1 is 1.09 bits per heavy atom. The Balaban J connectivity index is 1.56. The van der Waals surface area contributed by atoms with E-state index in [1.54, 1.807) is 31.2 Å². The second-order valence-electron chi connectivity index (χ2n) is 8.47. The molecule has 9 nitrogen and oxygen atoms in total. The van der Waals surface area contributed by atoms with Crippen molar-refractivity contribution in [3.05, 3.63) is 77.2 Å². The summed E-state index contributed by atoms with van der Waals surface area (Å²) >= 11 is 0. The van der Waals surface area contributed by atoms with Crippen LogP contribution in [0.5, 0.6) is 11.5 Å². The number of nitrogens with zero attached hydrogens (tertiary/aromatic N) is 3. The van der Waals surface area contributed by atoms with Crippen molar-refractivity contribution in [2.45, 2.75) is 18.8 Å². The van der Waals surface area contributed by atoms with Crippen LogP contribution in [0.15, 0.2) is 60.0 Å². The van der Waals surface area contributed by atoms with E-state index in [4.69, 9.17) is 20.2 Å². The third kappa shape index (κ3) is 4.23. The number of aryl methyl sites for hydroxylation is 1. The summed E-state index contributed by atoms with van der Waals surface area (Å²) < 4.78 is 12.6. The van der Waals surface area contributed by atoms with Gasteiger partial charge in [0, 0.05) is 54.4 Å². The van der Waals surface area contributed by atoms with Crippen molar-refractivity contribution in [3.63, 3.8) is 0 Å². The number of aromatic nitrogens is 2. The fraction of sp³-hybridized carbons (Fsp3) is 0.280. The number of hydrogen-bond donors (Lipinski definition) is 4. The SMILES string of the molecule is COc1cc(OC)cc(C2(N)N=C(Nc3ccc4c(c3)CNCC4)C(c3cnn(C)c3)=CN2)c1. The summed E-state index contributed by atoms with van der Waals surface area (Å²) in [6.45, 7) is 1.86. The van der Waals surface area contributed by atoms with Gasteiger partial charge < -0.3 is 25.4 Å². The molecule has 34 heavy (non-hydrogen) atoms. The maximum Gasteiger partial charge on any atom is 0.211 e. The van der Waals surface area contributed by atoms with Crippen LogP contribution in [-0.2, 0) is 25.8 Å². The Kier molecular flexibility index (Phi) is 5.72. The van der Waals surface area contributed by atoms with Crippen molar-refractivity contribution in [1.29, 1.82) is 0 Å². The molecule has 5 rings (SSSR count). The fourth-order valence-electron chi connectivity index (χ4n) is 4.27. The van der Waals surface area contributed by atoms with Gasteiger partial charge in [-0.1, -0.05) is 6.07 Å². The Morgan fingerprint density at radius 2 is 1.88 bits per heavy atom. The molecular weight excluding hydrogens is 430 g/mol. The van der Waals surface area contributed by atoms with Crippen molar-refractivity contribution in [1.82, 2.24) is 20.4 Å². The molecule has 1 unspecified atom stereocenters. The predicted molar refractivity (Wildman–Crippen MR) is 133 cm³/mol. The molecule has 0 saturated heterocycles. The maximum atomic E-state index is 6.80. The molecule has 176 valence electrons. The smallest absolute Gasteiger partial charge is 0.211 e. The minimum absolute atomic E-state index is 0.634. The number of amidine groups is 1. The minimum atomic E-state index is -1.23. The van der Waals surface area contributed by atoms with E-state index < -0.39 is 5.79 Å². The third-order valence-corrected chi connectivity index (χ3v) is 6.14. The van der Waals surface area contributed by atoms with Crippen LogP contribution in [0.25, 0.3) is 5.57 Å². The standard InChI is InChI=1S/C25H29N7O2/c1-32-15-18(13-29-32)23-14-28-25(26,19-9-21(33-2)11-22(10-19)34-3)31-24(23)30-20-5-4-16-6-7-27-12-17(16)8-20/h4-5,8-11,13-15,27-28H,6-7,12,26H2,1-3H3,(H,30,31). The molecule has 0 bridgehead atoms. The highest BCUT2D eigenvalue weighted by molar-refractivity contribution is 6.28. The number of anilines is 1. The van der Waals surface area contributed by atoms with Gasteiger partial charge in [0.15, 0.2) is 0 Å². The van der Waals surface area contributed by atoms with Crippen LogP contribution in [0.1, 0.15) is 22.3 Å². The van der Waals surface area contributed by atoms with Crippen molar-refractivity contribution < 1.29 is 9.47 Å². The lowest BCUT2D eigenvalue weighted by Crippen LogP contribution is -2.50. The predicted octanol–water partition coefficient (Wildman–Crippen LogP) is 2.31. The third-order valence-electron chi connectivity index (χ3n) is 6.14. The van der Waals surface area contributed by atoms with Crippen LogP contribution in [0.2, 0.25) is 0 Å². The van der Waals surface area contributed by atoms with Gasteiger partial charge in [0.05, 0.1) is 20.4 Å².